The summed E-state index contributed by atoms with van der Waals surface area (Å²) in [7, 11) is 0. The molecule has 110 valence electrons. The van der Waals surface area contributed by atoms with E-state index in [-0.39, 0.29) is 18.5 Å². The van der Waals surface area contributed by atoms with Gasteiger partial charge in [0.15, 0.2) is 0 Å². The number of likely N-dealkylation sites (tertiary alicyclic amines) is 1. The van der Waals surface area contributed by atoms with E-state index < -0.39 is 0 Å². The minimum absolute atomic E-state index is 0.0722. The molecule has 0 bridgehead atoms. The lowest BCUT2D eigenvalue weighted by Gasteiger charge is -2.25. The van der Waals surface area contributed by atoms with Gasteiger partial charge >= 0.3 is 0 Å². The number of amides is 1. The Morgan fingerprint density at radius 2 is 2.19 bits per heavy atom. The fourth-order valence-electron chi connectivity index (χ4n) is 2.87. The van der Waals surface area contributed by atoms with Gasteiger partial charge in [0.2, 0.25) is 5.91 Å². The zero-order valence-corrected chi connectivity index (χ0v) is 12.4. The van der Waals surface area contributed by atoms with Crippen molar-refractivity contribution in [3.8, 4) is 0 Å². The van der Waals surface area contributed by atoms with Gasteiger partial charge in [0.05, 0.1) is 6.04 Å². The van der Waals surface area contributed by atoms with Crippen molar-refractivity contribution in [3.63, 3.8) is 0 Å². The van der Waals surface area contributed by atoms with Gasteiger partial charge in [0, 0.05) is 6.54 Å². The van der Waals surface area contributed by atoms with E-state index >= 15 is 0 Å². The van der Waals surface area contributed by atoms with Crippen LogP contribution in [0, 0.1) is 13.8 Å². The number of aryl methyl sites for hydroxylation is 2. The maximum atomic E-state index is 12.5. The molecule has 0 radical (unpaired) electrons. The summed E-state index contributed by atoms with van der Waals surface area (Å²) in [5, 5.41) is 10.9. The van der Waals surface area contributed by atoms with Crippen LogP contribution in [0.15, 0.2) is 24.5 Å². The Morgan fingerprint density at radius 1 is 1.33 bits per heavy atom. The first-order valence-corrected chi connectivity index (χ1v) is 7.22. The molecule has 2 aromatic rings. The zero-order chi connectivity index (χ0) is 14.8. The minimum atomic E-state index is 0.0722. The largest absolute Gasteiger partial charge is 0.334 e. The monoisotopic (exact) mass is 285 g/mol. The quantitative estimate of drug-likeness (QED) is 0.860. The summed E-state index contributed by atoms with van der Waals surface area (Å²) in [6, 6.07) is 6.64. The molecule has 1 aromatic carbocycles. The third kappa shape index (κ3) is 2.79. The number of hydrogen-bond acceptors (Lipinski definition) is 4. The number of tetrazole rings is 1. The first kappa shape index (κ1) is 13.7. The molecule has 1 saturated heterocycles. The normalized spacial score (nSPS) is 18.2. The Bertz CT molecular complexity index is 638. The first-order valence-electron chi connectivity index (χ1n) is 7.22. The Labute approximate surface area is 123 Å². The van der Waals surface area contributed by atoms with Crippen molar-refractivity contribution in [1.29, 1.82) is 0 Å². The van der Waals surface area contributed by atoms with Crippen molar-refractivity contribution in [1.82, 2.24) is 25.1 Å². The van der Waals surface area contributed by atoms with E-state index in [2.05, 4.69) is 47.6 Å². The zero-order valence-electron chi connectivity index (χ0n) is 12.4. The molecule has 3 rings (SSSR count). The molecule has 0 saturated carbocycles. The molecule has 0 N–H and O–H groups in total. The van der Waals surface area contributed by atoms with Crippen LogP contribution < -0.4 is 0 Å². The summed E-state index contributed by atoms with van der Waals surface area (Å²) in [5.41, 5.74) is 3.77. The van der Waals surface area contributed by atoms with E-state index in [1.54, 1.807) is 0 Å². The van der Waals surface area contributed by atoms with E-state index in [1.807, 2.05) is 4.90 Å². The summed E-state index contributed by atoms with van der Waals surface area (Å²) in [4.78, 5) is 14.4. The van der Waals surface area contributed by atoms with Gasteiger partial charge < -0.3 is 4.90 Å². The second-order valence-corrected chi connectivity index (χ2v) is 5.60. The van der Waals surface area contributed by atoms with Crippen molar-refractivity contribution < 1.29 is 4.79 Å². The van der Waals surface area contributed by atoms with Crippen LogP contribution in [0.1, 0.15) is 35.6 Å². The molecule has 2 heterocycles. The smallest absolute Gasteiger partial charge is 0.244 e. The molecule has 1 fully saturated rings. The van der Waals surface area contributed by atoms with Crippen molar-refractivity contribution in [2.75, 3.05) is 6.54 Å². The first-order chi connectivity index (χ1) is 10.1. The molecule has 0 unspecified atom stereocenters. The second kappa shape index (κ2) is 5.63. The summed E-state index contributed by atoms with van der Waals surface area (Å²) in [6.45, 7) is 5.22. The minimum Gasteiger partial charge on any atom is -0.334 e. The van der Waals surface area contributed by atoms with Gasteiger partial charge in [-0.1, -0.05) is 18.2 Å². The number of benzene rings is 1. The van der Waals surface area contributed by atoms with Crippen LogP contribution in [0.25, 0.3) is 0 Å². The van der Waals surface area contributed by atoms with E-state index in [0.717, 1.165) is 19.4 Å². The predicted octanol–water partition coefficient (Wildman–Crippen LogP) is 1.65. The lowest BCUT2D eigenvalue weighted by molar-refractivity contribution is -0.133. The van der Waals surface area contributed by atoms with Crippen LogP contribution in [-0.4, -0.2) is 37.6 Å². The molecule has 0 aliphatic carbocycles. The van der Waals surface area contributed by atoms with E-state index in [0.29, 0.717) is 0 Å². The van der Waals surface area contributed by atoms with Crippen molar-refractivity contribution >= 4 is 5.91 Å². The highest BCUT2D eigenvalue weighted by atomic mass is 16.2. The van der Waals surface area contributed by atoms with E-state index in [1.165, 1.54) is 27.7 Å². The Balaban J connectivity index is 1.78. The van der Waals surface area contributed by atoms with Crippen molar-refractivity contribution in [2.24, 2.45) is 0 Å². The maximum absolute atomic E-state index is 12.5. The van der Waals surface area contributed by atoms with Crippen LogP contribution in [-0.2, 0) is 11.3 Å². The van der Waals surface area contributed by atoms with Gasteiger partial charge in [-0.05, 0) is 53.8 Å². The highest BCUT2D eigenvalue weighted by molar-refractivity contribution is 5.76. The van der Waals surface area contributed by atoms with Crippen molar-refractivity contribution in [3.05, 3.63) is 41.2 Å². The van der Waals surface area contributed by atoms with Gasteiger partial charge in [-0.2, -0.15) is 0 Å². The van der Waals surface area contributed by atoms with E-state index in [9.17, 15) is 4.79 Å². The van der Waals surface area contributed by atoms with Gasteiger partial charge in [-0.3, -0.25) is 4.79 Å². The average molecular weight is 285 g/mol. The summed E-state index contributed by atoms with van der Waals surface area (Å²) in [5.74, 6) is 0.0722. The number of carbonyl (C=O) groups is 1. The molecular weight excluding hydrogens is 266 g/mol. The van der Waals surface area contributed by atoms with Crippen LogP contribution >= 0.6 is 0 Å². The number of aromatic nitrogens is 4. The maximum Gasteiger partial charge on any atom is 0.244 e. The molecule has 21 heavy (non-hydrogen) atoms. The van der Waals surface area contributed by atoms with Crippen LogP contribution in [0.5, 0.6) is 0 Å². The number of rotatable bonds is 3. The fourth-order valence-corrected chi connectivity index (χ4v) is 2.87. The van der Waals surface area contributed by atoms with Gasteiger partial charge in [-0.25, -0.2) is 4.68 Å². The molecule has 1 atom stereocenters. The molecule has 6 heteroatoms. The summed E-state index contributed by atoms with van der Waals surface area (Å²) >= 11 is 0. The predicted molar refractivity (Wildman–Crippen MR) is 77.4 cm³/mol. The third-order valence-corrected chi connectivity index (χ3v) is 4.18. The topological polar surface area (TPSA) is 63.9 Å². The second-order valence-electron chi connectivity index (χ2n) is 5.60. The number of nitrogens with zero attached hydrogens (tertiary/aromatic N) is 5. The van der Waals surface area contributed by atoms with Crippen LogP contribution in [0.3, 0.4) is 0 Å². The Morgan fingerprint density at radius 3 is 2.90 bits per heavy atom. The Kier molecular flexibility index (Phi) is 3.68. The molecule has 1 aromatic heterocycles. The van der Waals surface area contributed by atoms with E-state index in [4.69, 9.17) is 0 Å². The molecule has 1 amide bonds. The molecule has 1 aliphatic rings. The van der Waals surface area contributed by atoms with Gasteiger partial charge in [-0.15, -0.1) is 5.10 Å². The highest BCUT2D eigenvalue weighted by Gasteiger charge is 2.30. The molecular formula is C15H19N5O. The summed E-state index contributed by atoms with van der Waals surface area (Å²) < 4.78 is 1.47. The highest BCUT2D eigenvalue weighted by Crippen LogP contribution is 2.32. The molecule has 1 aliphatic heterocycles. The lowest BCUT2D eigenvalue weighted by atomic mass is 9.99. The van der Waals surface area contributed by atoms with Gasteiger partial charge in [0.1, 0.15) is 12.9 Å². The molecule has 6 nitrogen and oxygen atoms in total. The lowest BCUT2D eigenvalue weighted by Crippen LogP contribution is -2.33. The van der Waals surface area contributed by atoms with Crippen LogP contribution in [0.4, 0.5) is 0 Å². The van der Waals surface area contributed by atoms with Crippen molar-refractivity contribution in [2.45, 2.75) is 39.3 Å². The summed E-state index contributed by atoms with van der Waals surface area (Å²) in [6.07, 6.45) is 3.53. The number of hydrogen-bond donors (Lipinski definition) is 0. The SMILES string of the molecule is Cc1ccc([C@H]2CCCN2C(=O)Cn2cnnn2)cc1C. The van der Waals surface area contributed by atoms with Gasteiger partial charge in [0.25, 0.3) is 0 Å². The average Bonchev–Trinajstić information content (AvgIpc) is 3.12. The fraction of sp³-hybridized carbons (Fsp3) is 0.467. The number of carbonyl (C=O) groups excluding carboxylic acids is 1. The standard InChI is InChI=1S/C15H19N5O/c1-11-5-6-13(8-12(11)2)14-4-3-7-20(14)15(21)9-19-10-16-17-18-19/h5-6,8,10,14H,3-4,7,9H2,1-2H3/t14-/m1/s1. The Hall–Kier alpha value is -2.24. The van der Waals surface area contributed by atoms with Crippen LogP contribution in [0.2, 0.25) is 0 Å². The molecule has 0 spiro atoms. The third-order valence-electron chi connectivity index (χ3n) is 4.18.